The Bertz CT molecular complexity index is 804. The maximum absolute atomic E-state index is 12.3. The van der Waals surface area contributed by atoms with Gasteiger partial charge in [0.25, 0.3) is 5.91 Å². The molecular formula is C21H27N3O4. The van der Waals surface area contributed by atoms with E-state index in [9.17, 15) is 9.59 Å². The van der Waals surface area contributed by atoms with Crippen LogP contribution in [0.15, 0.2) is 42.5 Å². The molecule has 0 fully saturated rings. The molecule has 0 atom stereocenters. The van der Waals surface area contributed by atoms with Gasteiger partial charge in [-0.25, -0.2) is 4.79 Å². The Morgan fingerprint density at radius 2 is 1.46 bits per heavy atom. The monoisotopic (exact) mass is 385 g/mol. The summed E-state index contributed by atoms with van der Waals surface area (Å²) in [6, 6.07) is 12.5. The molecule has 28 heavy (non-hydrogen) atoms. The second-order valence-corrected chi connectivity index (χ2v) is 6.55. The summed E-state index contributed by atoms with van der Waals surface area (Å²) in [5.41, 5.74) is 2.37. The summed E-state index contributed by atoms with van der Waals surface area (Å²) < 4.78 is 10.5. The van der Waals surface area contributed by atoms with E-state index >= 15 is 0 Å². The molecule has 0 aromatic heterocycles. The van der Waals surface area contributed by atoms with Gasteiger partial charge in [0.15, 0.2) is 11.5 Å². The average molecular weight is 385 g/mol. The summed E-state index contributed by atoms with van der Waals surface area (Å²) in [7, 11) is 3.15. The lowest BCUT2D eigenvalue weighted by atomic mass is 10.1. The Balaban J connectivity index is 1.88. The lowest BCUT2D eigenvalue weighted by molar-refractivity contribution is 0.0951. The molecule has 0 saturated carbocycles. The van der Waals surface area contributed by atoms with E-state index < -0.39 is 0 Å². The number of hydrogen-bond acceptors (Lipinski definition) is 4. The van der Waals surface area contributed by atoms with Crippen LogP contribution in [-0.2, 0) is 13.1 Å². The van der Waals surface area contributed by atoms with Crippen molar-refractivity contribution in [2.45, 2.75) is 33.0 Å². The van der Waals surface area contributed by atoms with E-state index in [1.54, 1.807) is 32.4 Å². The van der Waals surface area contributed by atoms with Crippen molar-refractivity contribution in [2.75, 3.05) is 14.2 Å². The van der Waals surface area contributed by atoms with E-state index in [1.807, 2.05) is 38.1 Å². The van der Waals surface area contributed by atoms with E-state index in [0.29, 0.717) is 30.2 Å². The number of ether oxygens (including phenoxy) is 2. The Morgan fingerprint density at radius 3 is 2.07 bits per heavy atom. The van der Waals surface area contributed by atoms with Gasteiger partial charge < -0.3 is 25.4 Å². The van der Waals surface area contributed by atoms with Crippen LogP contribution in [-0.4, -0.2) is 32.2 Å². The van der Waals surface area contributed by atoms with Crippen molar-refractivity contribution in [1.29, 1.82) is 0 Å². The first-order chi connectivity index (χ1) is 13.4. The van der Waals surface area contributed by atoms with Crippen molar-refractivity contribution in [3.05, 3.63) is 59.2 Å². The summed E-state index contributed by atoms with van der Waals surface area (Å²) >= 11 is 0. The van der Waals surface area contributed by atoms with Crippen LogP contribution >= 0.6 is 0 Å². The Labute approximate surface area is 165 Å². The van der Waals surface area contributed by atoms with Crippen LogP contribution in [0.2, 0.25) is 0 Å². The zero-order valence-electron chi connectivity index (χ0n) is 16.7. The quantitative estimate of drug-likeness (QED) is 0.652. The van der Waals surface area contributed by atoms with E-state index in [0.717, 1.165) is 11.1 Å². The molecule has 0 aliphatic heterocycles. The predicted molar refractivity (Wildman–Crippen MR) is 108 cm³/mol. The molecule has 3 amide bonds. The van der Waals surface area contributed by atoms with Crippen molar-refractivity contribution in [2.24, 2.45) is 0 Å². The fraction of sp³-hybridized carbons (Fsp3) is 0.333. The van der Waals surface area contributed by atoms with Crippen LogP contribution in [0.3, 0.4) is 0 Å². The first-order valence-electron chi connectivity index (χ1n) is 9.05. The van der Waals surface area contributed by atoms with Crippen LogP contribution in [0, 0.1) is 0 Å². The van der Waals surface area contributed by atoms with Crippen LogP contribution in [0.5, 0.6) is 11.5 Å². The molecular weight excluding hydrogens is 358 g/mol. The van der Waals surface area contributed by atoms with Crippen molar-refractivity contribution in [3.63, 3.8) is 0 Å². The molecule has 3 N–H and O–H groups in total. The smallest absolute Gasteiger partial charge is 0.315 e. The number of amides is 3. The third-order valence-corrected chi connectivity index (χ3v) is 3.99. The summed E-state index contributed by atoms with van der Waals surface area (Å²) in [6.45, 7) is 4.56. The minimum absolute atomic E-state index is 0.0803. The van der Waals surface area contributed by atoms with Gasteiger partial charge >= 0.3 is 6.03 Å². The van der Waals surface area contributed by atoms with Gasteiger partial charge in [-0.1, -0.05) is 18.2 Å². The van der Waals surface area contributed by atoms with Crippen LogP contribution in [0.1, 0.15) is 35.3 Å². The molecule has 7 nitrogen and oxygen atoms in total. The molecule has 0 radical (unpaired) electrons. The molecule has 7 heteroatoms. The molecule has 0 aliphatic carbocycles. The lowest BCUT2D eigenvalue weighted by Crippen LogP contribution is -2.39. The van der Waals surface area contributed by atoms with Gasteiger partial charge in [-0.15, -0.1) is 0 Å². The van der Waals surface area contributed by atoms with Gasteiger partial charge in [0.1, 0.15) is 0 Å². The summed E-state index contributed by atoms with van der Waals surface area (Å²) in [5.74, 6) is 1.09. The number of carbonyl (C=O) groups excluding carboxylic acids is 2. The topological polar surface area (TPSA) is 88.7 Å². The highest BCUT2D eigenvalue weighted by Gasteiger charge is 2.08. The second-order valence-electron chi connectivity index (χ2n) is 6.55. The molecule has 150 valence electrons. The van der Waals surface area contributed by atoms with Crippen molar-refractivity contribution in [3.8, 4) is 11.5 Å². The molecule has 0 unspecified atom stereocenters. The molecule has 2 aromatic carbocycles. The van der Waals surface area contributed by atoms with Crippen molar-refractivity contribution < 1.29 is 19.1 Å². The molecule has 0 spiro atoms. The third kappa shape index (κ3) is 6.19. The fourth-order valence-electron chi connectivity index (χ4n) is 2.54. The van der Waals surface area contributed by atoms with Crippen LogP contribution in [0.4, 0.5) is 4.79 Å². The minimum atomic E-state index is -0.216. The minimum Gasteiger partial charge on any atom is -0.493 e. The van der Waals surface area contributed by atoms with E-state index in [4.69, 9.17) is 9.47 Å². The molecule has 2 aromatic rings. The van der Waals surface area contributed by atoms with Crippen molar-refractivity contribution >= 4 is 11.9 Å². The summed E-state index contributed by atoms with van der Waals surface area (Å²) in [6.07, 6.45) is 0. The van der Waals surface area contributed by atoms with Gasteiger partial charge in [-0.05, 0) is 49.2 Å². The zero-order valence-corrected chi connectivity index (χ0v) is 16.7. The highest BCUT2D eigenvalue weighted by molar-refractivity contribution is 5.94. The summed E-state index contributed by atoms with van der Waals surface area (Å²) in [4.78, 5) is 24.0. The Kier molecular flexibility index (Phi) is 7.68. The number of methoxy groups -OCH3 is 2. The molecule has 0 aliphatic rings. The van der Waals surface area contributed by atoms with Gasteiger partial charge in [-0.3, -0.25) is 4.79 Å². The van der Waals surface area contributed by atoms with Gasteiger partial charge in [0, 0.05) is 24.7 Å². The van der Waals surface area contributed by atoms with Crippen LogP contribution in [0.25, 0.3) is 0 Å². The Morgan fingerprint density at radius 1 is 0.857 bits per heavy atom. The first-order valence-corrected chi connectivity index (χ1v) is 9.05. The van der Waals surface area contributed by atoms with Crippen LogP contribution < -0.4 is 25.4 Å². The summed E-state index contributed by atoms with van der Waals surface area (Å²) in [5, 5.41) is 8.41. The van der Waals surface area contributed by atoms with E-state index in [-0.39, 0.29) is 18.0 Å². The lowest BCUT2D eigenvalue weighted by Gasteiger charge is -2.11. The number of benzene rings is 2. The number of carbonyl (C=O) groups is 2. The highest BCUT2D eigenvalue weighted by atomic mass is 16.5. The van der Waals surface area contributed by atoms with E-state index in [2.05, 4.69) is 16.0 Å². The third-order valence-electron chi connectivity index (χ3n) is 3.99. The number of hydrogen-bond donors (Lipinski definition) is 3. The normalized spacial score (nSPS) is 10.3. The molecule has 0 bridgehead atoms. The Hall–Kier alpha value is -3.22. The molecule has 0 heterocycles. The van der Waals surface area contributed by atoms with Gasteiger partial charge in [0.2, 0.25) is 0 Å². The zero-order chi connectivity index (χ0) is 20.5. The van der Waals surface area contributed by atoms with Gasteiger partial charge in [-0.2, -0.15) is 0 Å². The number of urea groups is 1. The SMILES string of the molecule is COc1ccc(CNC(=O)c2ccc(CNC(=O)NC(C)C)cc2)cc1OC. The largest absolute Gasteiger partial charge is 0.493 e. The predicted octanol–water partition coefficient (Wildman–Crippen LogP) is 2.84. The second kappa shape index (κ2) is 10.2. The first kappa shape index (κ1) is 21.1. The van der Waals surface area contributed by atoms with Crippen molar-refractivity contribution in [1.82, 2.24) is 16.0 Å². The molecule has 0 saturated heterocycles. The fourth-order valence-corrected chi connectivity index (χ4v) is 2.54. The van der Waals surface area contributed by atoms with E-state index in [1.165, 1.54) is 0 Å². The maximum atomic E-state index is 12.3. The number of nitrogens with one attached hydrogen (secondary N) is 3. The number of rotatable bonds is 8. The standard InChI is InChI=1S/C21H27N3O4/c1-14(2)24-21(26)23-12-15-5-8-17(9-6-15)20(25)22-13-16-7-10-18(27-3)19(11-16)28-4/h5-11,14H,12-13H2,1-4H3,(H,22,25)(H2,23,24,26). The maximum Gasteiger partial charge on any atom is 0.315 e. The molecule has 2 rings (SSSR count). The highest BCUT2D eigenvalue weighted by Crippen LogP contribution is 2.27. The average Bonchev–Trinajstić information content (AvgIpc) is 2.70. The van der Waals surface area contributed by atoms with Gasteiger partial charge in [0.05, 0.1) is 14.2 Å².